The van der Waals surface area contributed by atoms with Gasteiger partial charge in [-0.15, -0.1) is 0 Å². The Kier molecular flexibility index (Phi) is 10.2. The van der Waals surface area contributed by atoms with Crippen LogP contribution in [0.2, 0.25) is 18.1 Å². The first kappa shape index (κ1) is 26.8. The number of halogens is 1. The molecule has 0 unspecified atom stereocenters. The number of esters is 1. The predicted molar refractivity (Wildman–Crippen MR) is 134 cm³/mol. The Hall–Kier alpha value is -1.41. The Morgan fingerprint density at radius 1 is 1.25 bits per heavy atom. The second-order valence-electron chi connectivity index (χ2n) is 9.52. The van der Waals surface area contributed by atoms with Gasteiger partial charge in [-0.2, -0.15) is 0 Å². The Morgan fingerprint density at radius 2 is 1.94 bits per heavy atom. The van der Waals surface area contributed by atoms with Crippen LogP contribution >= 0.6 is 15.9 Å². The van der Waals surface area contributed by atoms with E-state index >= 15 is 0 Å². The smallest absolute Gasteiger partial charge is 0.373 e. The quantitative estimate of drug-likeness (QED) is 0.139. The van der Waals surface area contributed by atoms with E-state index in [-0.39, 0.29) is 23.3 Å². The summed E-state index contributed by atoms with van der Waals surface area (Å²) >= 11 is 3.61. The van der Waals surface area contributed by atoms with E-state index in [1.807, 2.05) is 30.3 Å². The minimum atomic E-state index is -1.72. The maximum Gasteiger partial charge on any atom is 0.373 e. The highest BCUT2D eigenvalue weighted by Gasteiger charge is 2.36. The third-order valence-corrected chi connectivity index (χ3v) is 11.3. The van der Waals surface area contributed by atoms with E-state index < -0.39 is 20.6 Å². The van der Waals surface area contributed by atoms with Crippen molar-refractivity contribution in [2.24, 2.45) is 0 Å². The zero-order valence-corrected chi connectivity index (χ0v) is 22.6. The molecule has 0 amide bonds. The highest BCUT2D eigenvalue weighted by Crippen LogP contribution is 2.37. The second-order valence-corrected chi connectivity index (χ2v) is 15.2. The van der Waals surface area contributed by atoms with Gasteiger partial charge in [0.15, 0.2) is 8.32 Å². The Balaban J connectivity index is 1.92. The van der Waals surface area contributed by atoms with Crippen molar-refractivity contribution in [1.82, 2.24) is 0 Å². The fourth-order valence-corrected chi connectivity index (χ4v) is 4.73. The number of unbranched alkanes of at least 4 members (excludes halogenated alkanes) is 1. The second kappa shape index (κ2) is 12.2. The monoisotopic (exact) mass is 524 g/mol. The van der Waals surface area contributed by atoms with Crippen LogP contribution in [0.15, 0.2) is 53.2 Å². The summed E-state index contributed by atoms with van der Waals surface area (Å²) in [5.74, 6) is -0.333. The summed E-state index contributed by atoms with van der Waals surface area (Å²) in [5, 5.41) is 0.211. The van der Waals surface area contributed by atoms with Gasteiger partial charge in [-0.3, -0.25) is 0 Å². The molecule has 2 atom stereocenters. The van der Waals surface area contributed by atoms with Crippen molar-refractivity contribution in [3.8, 4) is 0 Å². The topological polar surface area (TPSA) is 54.0 Å². The summed E-state index contributed by atoms with van der Waals surface area (Å²) in [6, 6.07) is 7.98. The SMILES string of the molecule is C=CCOC(=O)C1=C[C@@H](c2ccccc2Br)C[C@@H](OCCCCO[Si](C)(C)C(C)(C)C)O1. The summed E-state index contributed by atoms with van der Waals surface area (Å²) in [7, 11) is -1.72. The average Bonchev–Trinajstić information content (AvgIpc) is 2.73. The molecule has 0 bridgehead atoms. The van der Waals surface area contributed by atoms with Gasteiger partial charge < -0.3 is 18.6 Å². The van der Waals surface area contributed by atoms with Crippen molar-refractivity contribution in [2.75, 3.05) is 19.8 Å². The van der Waals surface area contributed by atoms with Crippen LogP contribution in [0.5, 0.6) is 0 Å². The lowest BCUT2D eigenvalue weighted by molar-refractivity contribution is -0.160. The molecule has 2 rings (SSSR count). The lowest BCUT2D eigenvalue weighted by Crippen LogP contribution is -2.41. The molecule has 0 saturated carbocycles. The molecule has 32 heavy (non-hydrogen) atoms. The number of ether oxygens (including phenoxy) is 3. The molecule has 0 radical (unpaired) electrons. The maximum atomic E-state index is 12.4. The van der Waals surface area contributed by atoms with Crippen LogP contribution in [0, 0.1) is 0 Å². The molecule has 0 fully saturated rings. The summed E-state index contributed by atoms with van der Waals surface area (Å²) in [6.07, 6.45) is 5.27. The minimum Gasteiger partial charge on any atom is -0.458 e. The number of hydrogen-bond donors (Lipinski definition) is 0. The van der Waals surface area contributed by atoms with Crippen molar-refractivity contribution >= 4 is 30.2 Å². The van der Waals surface area contributed by atoms with Gasteiger partial charge in [-0.05, 0) is 48.7 Å². The van der Waals surface area contributed by atoms with Crippen LogP contribution in [0.4, 0.5) is 0 Å². The molecule has 0 saturated heterocycles. The van der Waals surface area contributed by atoms with Gasteiger partial charge in [0.1, 0.15) is 6.61 Å². The summed E-state index contributed by atoms with van der Waals surface area (Å²) < 4.78 is 24.2. The van der Waals surface area contributed by atoms with Crippen molar-refractivity contribution in [2.45, 2.75) is 70.4 Å². The largest absolute Gasteiger partial charge is 0.458 e. The maximum absolute atomic E-state index is 12.4. The summed E-state index contributed by atoms with van der Waals surface area (Å²) in [6.45, 7) is 16.3. The van der Waals surface area contributed by atoms with E-state index in [4.69, 9.17) is 18.6 Å². The molecule has 7 heteroatoms. The summed E-state index contributed by atoms with van der Waals surface area (Å²) in [5.41, 5.74) is 1.08. The predicted octanol–water partition coefficient (Wildman–Crippen LogP) is 6.71. The van der Waals surface area contributed by atoms with Gasteiger partial charge in [0.25, 0.3) is 0 Å². The zero-order chi connectivity index (χ0) is 23.8. The zero-order valence-electron chi connectivity index (χ0n) is 20.0. The number of hydrogen-bond acceptors (Lipinski definition) is 5. The molecule has 5 nitrogen and oxygen atoms in total. The molecule has 1 heterocycles. The number of rotatable bonds is 11. The van der Waals surface area contributed by atoms with Gasteiger partial charge in [0.05, 0.1) is 6.61 Å². The van der Waals surface area contributed by atoms with Crippen molar-refractivity contribution in [3.05, 3.63) is 58.8 Å². The summed E-state index contributed by atoms with van der Waals surface area (Å²) in [4.78, 5) is 12.4. The van der Waals surface area contributed by atoms with Crippen molar-refractivity contribution in [1.29, 1.82) is 0 Å². The van der Waals surface area contributed by atoms with Gasteiger partial charge in [-0.25, -0.2) is 4.79 Å². The van der Waals surface area contributed by atoms with Gasteiger partial charge in [0.2, 0.25) is 12.0 Å². The van der Waals surface area contributed by atoms with Crippen LogP contribution in [0.1, 0.15) is 51.5 Å². The molecule has 1 aliphatic heterocycles. The van der Waals surface area contributed by atoms with Crippen LogP contribution in [0.3, 0.4) is 0 Å². The number of carbonyl (C=O) groups is 1. The molecular formula is C25H37BrO5Si. The van der Waals surface area contributed by atoms with Crippen LogP contribution < -0.4 is 0 Å². The number of allylic oxidation sites excluding steroid dienone is 1. The standard InChI is InChI=1S/C25H37BrO5Si/c1-7-14-29-24(27)22-17-19(20-12-8-9-13-21(20)26)18-23(31-22)28-15-10-11-16-30-32(5,6)25(2,3)4/h7-9,12-13,17,19,23H,1,10-11,14-16,18H2,2-6H3/t19-,23+/m1/s1. The molecule has 178 valence electrons. The first-order chi connectivity index (χ1) is 15.0. The number of benzene rings is 1. The lowest BCUT2D eigenvalue weighted by Gasteiger charge is -2.36. The first-order valence-corrected chi connectivity index (χ1v) is 14.9. The van der Waals surface area contributed by atoms with Gasteiger partial charge in [0, 0.05) is 23.4 Å². The van der Waals surface area contributed by atoms with Crippen LogP contribution in [0.25, 0.3) is 0 Å². The molecule has 1 aliphatic rings. The van der Waals surface area contributed by atoms with Gasteiger partial charge in [-0.1, -0.05) is 67.6 Å². The molecule has 0 aromatic heterocycles. The van der Waals surface area contributed by atoms with E-state index in [1.165, 1.54) is 6.08 Å². The first-order valence-electron chi connectivity index (χ1n) is 11.2. The van der Waals surface area contributed by atoms with E-state index in [2.05, 4.69) is 56.4 Å². The average molecular weight is 526 g/mol. The molecule has 0 spiro atoms. The van der Waals surface area contributed by atoms with Gasteiger partial charge >= 0.3 is 5.97 Å². The normalized spacial score (nSPS) is 19.1. The molecular weight excluding hydrogens is 488 g/mol. The van der Waals surface area contributed by atoms with E-state index in [1.54, 1.807) is 0 Å². The third kappa shape index (κ3) is 7.87. The molecule has 1 aromatic rings. The van der Waals surface area contributed by atoms with Crippen LogP contribution in [-0.2, 0) is 23.4 Å². The molecule has 0 N–H and O–H groups in total. The highest BCUT2D eigenvalue weighted by atomic mass is 79.9. The van der Waals surface area contributed by atoms with Crippen molar-refractivity contribution in [3.63, 3.8) is 0 Å². The van der Waals surface area contributed by atoms with E-state index in [0.717, 1.165) is 29.5 Å². The Bertz CT molecular complexity index is 800. The number of carbonyl (C=O) groups excluding carboxylic acids is 1. The van der Waals surface area contributed by atoms with Crippen molar-refractivity contribution < 1.29 is 23.4 Å². The Labute approximate surface area is 202 Å². The Morgan fingerprint density at radius 3 is 2.59 bits per heavy atom. The third-order valence-electron chi connectivity index (χ3n) is 6.01. The lowest BCUT2D eigenvalue weighted by atomic mass is 9.93. The fourth-order valence-electron chi connectivity index (χ4n) is 3.07. The fraction of sp³-hybridized carbons (Fsp3) is 0.560. The molecule has 0 aliphatic carbocycles. The van der Waals surface area contributed by atoms with E-state index in [9.17, 15) is 4.79 Å². The van der Waals surface area contributed by atoms with E-state index in [0.29, 0.717) is 13.0 Å². The minimum absolute atomic E-state index is 0.0162. The highest BCUT2D eigenvalue weighted by molar-refractivity contribution is 9.10. The molecule has 1 aromatic carbocycles. The van der Waals surface area contributed by atoms with Crippen LogP contribution in [-0.4, -0.2) is 40.4 Å².